The van der Waals surface area contributed by atoms with Crippen LogP contribution in [0.1, 0.15) is 79.5 Å². The first-order valence-electron chi connectivity index (χ1n) is 17.1. The van der Waals surface area contributed by atoms with Crippen LogP contribution in [0.15, 0.2) is 97.1 Å². The van der Waals surface area contributed by atoms with Crippen LogP contribution < -0.4 is 5.46 Å². The van der Waals surface area contributed by atoms with Crippen molar-refractivity contribution in [3.8, 4) is 11.4 Å². The van der Waals surface area contributed by atoms with E-state index >= 15 is 0 Å². The van der Waals surface area contributed by atoms with Crippen LogP contribution >= 0.6 is 0 Å². The van der Waals surface area contributed by atoms with Crippen molar-refractivity contribution >= 4 is 51.4 Å². The van der Waals surface area contributed by atoms with Gasteiger partial charge in [-0.2, -0.15) is 0 Å². The lowest BCUT2D eigenvalue weighted by Crippen LogP contribution is -2.41. The molecule has 0 saturated carbocycles. The van der Waals surface area contributed by atoms with Gasteiger partial charge in [-0.15, -0.1) is 0 Å². The molecule has 8 rings (SSSR count). The van der Waals surface area contributed by atoms with Gasteiger partial charge in [0.2, 0.25) is 0 Å². The number of hydrogen-bond acceptors (Lipinski definition) is 2. The van der Waals surface area contributed by atoms with Crippen molar-refractivity contribution in [1.29, 1.82) is 0 Å². The Labute approximate surface area is 274 Å². The molecule has 0 amide bonds. The van der Waals surface area contributed by atoms with Crippen molar-refractivity contribution in [1.82, 2.24) is 9.13 Å². The minimum Gasteiger partial charge on any atom is -0.399 e. The molecule has 1 fully saturated rings. The summed E-state index contributed by atoms with van der Waals surface area (Å²) < 4.78 is 18.1. The minimum absolute atomic E-state index is 0.430. The zero-order chi connectivity index (χ0) is 32.6. The molecule has 0 spiro atoms. The Morgan fingerprint density at radius 1 is 0.609 bits per heavy atom. The molecule has 2 aliphatic rings. The molecular formula is C41H47BN2O2. The summed E-state index contributed by atoms with van der Waals surface area (Å²) in [6, 6.07) is 33.1. The van der Waals surface area contributed by atoms with Gasteiger partial charge in [-0.3, -0.25) is 0 Å². The molecule has 1 aliphatic carbocycles. The summed E-state index contributed by atoms with van der Waals surface area (Å²) in [5, 5.41) is 3.83. The standard InChI is InChI=1S/C37H35BN2O2.2C2H6/c1-36(2)37(3,4)42-38(41-36)25-22-26(39-32-18-7-5-6-14-28(32)29-15-8-11-19-33(29)39)24-27(23-25)40-34-20-12-9-16-30(34)31-17-10-13-21-35(31)40;2*1-2/h7-13,15-24H,5-6,14H2,1-4H3;2*1-2H3. The maximum absolute atomic E-state index is 6.64. The number of rotatable bonds is 3. The van der Waals surface area contributed by atoms with Crippen LogP contribution in [0.3, 0.4) is 0 Å². The number of aryl methyl sites for hydroxylation is 1. The molecular weight excluding hydrogens is 563 g/mol. The Morgan fingerprint density at radius 2 is 1.09 bits per heavy atom. The highest BCUT2D eigenvalue weighted by molar-refractivity contribution is 6.62. The zero-order valence-electron chi connectivity index (χ0n) is 28.7. The van der Waals surface area contributed by atoms with Crippen molar-refractivity contribution in [2.75, 3.05) is 0 Å². The van der Waals surface area contributed by atoms with E-state index in [9.17, 15) is 0 Å². The third-order valence-corrected chi connectivity index (χ3v) is 9.64. The fraction of sp³-hybridized carbons (Fsp3) is 0.317. The van der Waals surface area contributed by atoms with Gasteiger partial charge in [-0.1, -0.05) is 88.4 Å². The van der Waals surface area contributed by atoms with Gasteiger partial charge in [0.15, 0.2) is 0 Å². The van der Waals surface area contributed by atoms with Gasteiger partial charge in [0.1, 0.15) is 0 Å². The zero-order valence-corrected chi connectivity index (χ0v) is 28.7. The number of fused-ring (bicyclic) bond motifs is 6. The van der Waals surface area contributed by atoms with Crippen LogP contribution in [-0.4, -0.2) is 27.5 Å². The molecule has 6 aromatic rings. The monoisotopic (exact) mass is 610 g/mol. The van der Waals surface area contributed by atoms with E-state index in [4.69, 9.17) is 9.31 Å². The van der Waals surface area contributed by atoms with Gasteiger partial charge in [0, 0.05) is 33.2 Å². The van der Waals surface area contributed by atoms with Crippen molar-refractivity contribution < 1.29 is 9.31 Å². The number of allylic oxidation sites excluding steroid dienone is 1. The molecule has 236 valence electrons. The Hall–Kier alpha value is -4.06. The van der Waals surface area contributed by atoms with Crippen LogP contribution in [0.2, 0.25) is 0 Å². The second kappa shape index (κ2) is 12.6. The molecule has 0 N–H and O–H groups in total. The normalized spacial score (nSPS) is 16.5. The van der Waals surface area contributed by atoms with E-state index in [0.29, 0.717) is 0 Å². The molecule has 3 heterocycles. The predicted molar refractivity (Wildman–Crippen MR) is 198 cm³/mol. The first kappa shape index (κ1) is 31.9. The van der Waals surface area contributed by atoms with Crippen LogP contribution in [0.5, 0.6) is 0 Å². The third-order valence-electron chi connectivity index (χ3n) is 9.64. The summed E-state index contributed by atoms with van der Waals surface area (Å²) >= 11 is 0. The van der Waals surface area contributed by atoms with Crippen molar-refractivity contribution in [3.05, 3.63) is 108 Å². The van der Waals surface area contributed by atoms with Gasteiger partial charge in [-0.25, -0.2) is 0 Å². The van der Waals surface area contributed by atoms with E-state index in [1.54, 1.807) is 0 Å². The quantitative estimate of drug-likeness (QED) is 0.187. The molecule has 0 radical (unpaired) electrons. The Bertz CT molecular complexity index is 1980. The maximum atomic E-state index is 6.64. The molecule has 46 heavy (non-hydrogen) atoms. The number of nitrogens with zero attached hydrogens (tertiary/aromatic N) is 2. The van der Waals surface area contributed by atoms with Crippen molar-refractivity contribution in [2.24, 2.45) is 0 Å². The fourth-order valence-corrected chi connectivity index (χ4v) is 6.83. The van der Waals surface area contributed by atoms with E-state index < -0.39 is 18.3 Å². The summed E-state index contributed by atoms with van der Waals surface area (Å²) in [4.78, 5) is 0. The molecule has 5 heteroatoms. The van der Waals surface area contributed by atoms with Crippen LogP contribution in [0, 0.1) is 0 Å². The largest absolute Gasteiger partial charge is 0.494 e. The molecule has 4 nitrogen and oxygen atoms in total. The Kier molecular flexibility index (Phi) is 8.76. The summed E-state index contributed by atoms with van der Waals surface area (Å²) in [7, 11) is -0.474. The lowest BCUT2D eigenvalue weighted by Gasteiger charge is -2.32. The number of benzene rings is 4. The van der Waals surface area contributed by atoms with Crippen molar-refractivity contribution in [2.45, 2.75) is 85.9 Å². The summed E-state index contributed by atoms with van der Waals surface area (Å²) in [5.41, 5.74) is 8.67. The molecule has 0 bridgehead atoms. The van der Waals surface area contributed by atoms with Crippen LogP contribution in [0.25, 0.3) is 50.2 Å². The van der Waals surface area contributed by atoms with E-state index in [-0.39, 0.29) is 0 Å². The first-order chi connectivity index (χ1) is 22.3. The smallest absolute Gasteiger partial charge is 0.399 e. The first-order valence-corrected chi connectivity index (χ1v) is 17.1. The molecule has 1 saturated heterocycles. The summed E-state index contributed by atoms with van der Waals surface area (Å²) in [6.45, 7) is 16.5. The molecule has 0 unspecified atom stereocenters. The van der Waals surface area contributed by atoms with E-state index in [1.165, 1.54) is 44.0 Å². The van der Waals surface area contributed by atoms with Gasteiger partial charge in [0.25, 0.3) is 0 Å². The SMILES string of the molecule is CC.CC.CC1(C)OB(c2cc(-n3c4c(c5ccccc53)CCCC=C4)cc(-n3c4ccccc4c4ccccc43)c2)OC1(C)C. The van der Waals surface area contributed by atoms with Crippen LogP contribution in [0.4, 0.5) is 0 Å². The van der Waals surface area contributed by atoms with E-state index in [1.807, 2.05) is 27.7 Å². The minimum atomic E-state index is -0.474. The average Bonchev–Trinajstić information content (AvgIpc) is 3.57. The number of aromatic nitrogens is 2. The van der Waals surface area contributed by atoms with Gasteiger partial charge in [-0.05, 0) is 100 Å². The fourth-order valence-electron chi connectivity index (χ4n) is 6.83. The maximum Gasteiger partial charge on any atom is 0.494 e. The lowest BCUT2D eigenvalue weighted by molar-refractivity contribution is 0.00578. The highest BCUT2D eigenvalue weighted by Crippen LogP contribution is 2.39. The highest BCUT2D eigenvalue weighted by atomic mass is 16.7. The number of para-hydroxylation sites is 3. The third kappa shape index (κ3) is 5.20. The topological polar surface area (TPSA) is 28.3 Å². The van der Waals surface area contributed by atoms with E-state index in [0.717, 1.165) is 36.1 Å². The number of hydrogen-bond donors (Lipinski definition) is 0. The highest BCUT2D eigenvalue weighted by Gasteiger charge is 2.52. The van der Waals surface area contributed by atoms with E-state index in [2.05, 4.69) is 140 Å². The Morgan fingerprint density at radius 3 is 1.65 bits per heavy atom. The molecule has 1 aliphatic heterocycles. The molecule has 2 aromatic heterocycles. The molecule has 0 atom stereocenters. The second-order valence-corrected chi connectivity index (χ2v) is 12.8. The average molecular weight is 611 g/mol. The lowest BCUT2D eigenvalue weighted by atomic mass is 9.78. The Balaban J connectivity index is 0.000000896. The molecule has 4 aromatic carbocycles. The van der Waals surface area contributed by atoms with Gasteiger partial charge < -0.3 is 18.4 Å². The van der Waals surface area contributed by atoms with Gasteiger partial charge >= 0.3 is 7.12 Å². The van der Waals surface area contributed by atoms with Gasteiger partial charge in [0.05, 0.1) is 27.8 Å². The summed E-state index contributed by atoms with van der Waals surface area (Å²) in [5.74, 6) is 0. The van der Waals surface area contributed by atoms with Crippen molar-refractivity contribution in [3.63, 3.8) is 0 Å². The second-order valence-electron chi connectivity index (χ2n) is 12.8. The predicted octanol–water partition coefficient (Wildman–Crippen LogP) is 10.4. The van der Waals surface area contributed by atoms with Crippen LogP contribution in [-0.2, 0) is 15.7 Å². The summed E-state index contributed by atoms with van der Waals surface area (Å²) in [6.07, 6.45) is 7.99.